The van der Waals surface area contributed by atoms with Crippen molar-refractivity contribution in [2.45, 2.75) is 44.6 Å². The fourth-order valence-corrected chi connectivity index (χ4v) is 9.44. The third-order valence-corrected chi connectivity index (χ3v) is 12.0. The molecule has 0 saturated carbocycles. The molecule has 0 fully saturated rings. The van der Waals surface area contributed by atoms with Gasteiger partial charge in [-0.15, -0.1) is 0 Å². The van der Waals surface area contributed by atoms with Gasteiger partial charge in [0.1, 0.15) is 6.61 Å². The Kier molecular flexibility index (Phi) is 10.3. The molecule has 0 N–H and O–H groups in total. The molecule has 38 heavy (non-hydrogen) atoms. The van der Waals surface area contributed by atoms with Crippen molar-refractivity contribution < 1.29 is 23.4 Å². The Hall–Kier alpha value is -2.97. The Labute approximate surface area is 228 Å². The second-order valence-corrected chi connectivity index (χ2v) is 14.8. The molecule has 7 heteroatoms. The van der Waals surface area contributed by atoms with Crippen LogP contribution in [0.1, 0.15) is 32.8 Å². The summed E-state index contributed by atoms with van der Waals surface area (Å²) in [7, 11) is 2.17. The van der Waals surface area contributed by atoms with E-state index >= 15 is 0 Å². The monoisotopic (exact) mass is 535 g/mol. The Morgan fingerprint density at radius 1 is 0.789 bits per heavy atom. The number of carbonyl (C=O) groups excluding carboxylic acids is 1. The maximum Gasteiger partial charge on any atom is 0.410 e. The van der Waals surface area contributed by atoms with Gasteiger partial charge in [0.2, 0.25) is 0 Å². The number of hydrogen-bond acceptors (Lipinski definition) is 5. The molecular formula is C31H41NO5Si. The molecule has 6 nitrogen and oxygen atoms in total. The Bertz CT molecular complexity index is 1080. The van der Waals surface area contributed by atoms with Crippen LogP contribution in [0.25, 0.3) is 0 Å². The van der Waals surface area contributed by atoms with Crippen LogP contribution in [-0.4, -0.2) is 59.5 Å². The molecule has 0 unspecified atom stereocenters. The van der Waals surface area contributed by atoms with Gasteiger partial charge in [0.05, 0.1) is 6.54 Å². The smallest absolute Gasteiger partial charge is 0.410 e. The number of likely N-dealkylation sites (N-methyl/N-ethyl adjacent to an activating group) is 1. The summed E-state index contributed by atoms with van der Waals surface area (Å²) in [5.74, 6) is -1.05. The third-order valence-electron chi connectivity index (χ3n) is 6.96. The lowest BCUT2D eigenvalue weighted by Gasteiger charge is -2.44. The SMILES string of the molecule is COC(CCO[Si](c1ccccc1)(c1ccccc1)C(C)(C)C)(CN(C)C(=O)OCc1ccccc1)OC. The molecule has 1 amide bonds. The van der Waals surface area contributed by atoms with Gasteiger partial charge in [-0.1, -0.05) is 112 Å². The van der Waals surface area contributed by atoms with Gasteiger partial charge in [0.25, 0.3) is 8.32 Å². The van der Waals surface area contributed by atoms with Gasteiger partial charge in [0, 0.05) is 34.3 Å². The van der Waals surface area contributed by atoms with E-state index in [9.17, 15) is 4.79 Å². The number of hydrogen-bond donors (Lipinski definition) is 0. The molecule has 0 aliphatic heterocycles. The summed E-state index contributed by atoms with van der Waals surface area (Å²) in [6.07, 6.45) is -0.0129. The molecule has 0 saturated heterocycles. The van der Waals surface area contributed by atoms with E-state index in [0.717, 1.165) is 5.56 Å². The van der Waals surface area contributed by atoms with E-state index < -0.39 is 20.2 Å². The molecule has 3 aromatic rings. The second kappa shape index (κ2) is 13.2. The molecule has 3 rings (SSSR count). The molecule has 0 spiro atoms. The van der Waals surface area contributed by atoms with Gasteiger partial charge in [-0.25, -0.2) is 4.79 Å². The van der Waals surface area contributed by atoms with E-state index in [1.54, 1.807) is 21.3 Å². The molecule has 204 valence electrons. The third kappa shape index (κ3) is 6.91. The molecule has 0 aromatic heterocycles. The van der Waals surface area contributed by atoms with E-state index in [1.165, 1.54) is 15.3 Å². The number of amides is 1. The van der Waals surface area contributed by atoms with Crippen molar-refractivity contribution in [3.05, 3.63) is 96.6 Å². The molecule has 0 bridgehead atoms. The minimum absolute atomic E-state index is 0.142. The lowest BCUT2D eigenvalue weighted by atomic mass is 10.2. The highest BCUT2D eigenvalue weighted by Gasteiger charge is 2.50. The van der Waals surface area contributed by atoms with Crippen molar-refractivity contribution in [1.29, 1.82) is 0 Å². The predicted molar refractivity (Wildman–Crippen MR) is 154 cm³/mol. The molecule has 0 atom stereocenters. The summed E-state index contributed by atoms with van der Waals surface area (Å²) in [5.41, 5.74) is 0.928. The van der Waals surface area contributed by atoms with E-state index in [-0.39, 0.29) is 18.2 Å². The normalized spacial score (nSPS) is 12.3. The average molecular weight is 536 g/mol. The first-order valence-corrected chi connectivity index (χ1v) is 14.9. The number of rotatable bonds is 12. The summed E-state index contributed by atoms with van der Waals surface area (Å²) < 4.78 is 24.2. The fourth-order valence-electron chi connectivity index (χ4n) is 4.87. The van der Waals surface area contributed by atoms with Crippen LogP contribution in [0.2, 0.25) is 5.04 Å². The molecule has 0 radical (unpaired) electrons. The van der Waals surface area contributed by atoms with E-state index in [4.69, 9.17) is 18.6 Å². The van der Waals surface area contributed by atoms with Crippen LogP contribution in [0.3, 0.4) is 0 Å². The Morgan fingerprint density at radius 2 is 1.26 bits per heavy atom. The van der Waals surface area contributed by atoms with Crippen LogP contribution in [0, 0.1) is 0 Å². The highest BCUT2D eigenvalue weighted by Crippen LogP contribution is 2.37. The van der Waals surface area contributed by atoms with Crippen LogP contribution in [0.15, 0.2) is 91.0 Å². The first-order valence-electron chi connectivity index (χ1n) is 12.9. The number of benzene rings is 3. The minimum atomic E-state index is -2.70. The van der Waals surface area contributed by atoms with Gasteiger partial charge in [0.15, 0.2) is 5.79 Å². The molecule has 0 heterocycles. The first-order chi connectivity index (χ1) is 18.2. The summed E-state index contributed by atoms with van der Waals surface area (Å²) in [5, 5.41) is 2.28. The highest BCUT2D eigenvalue weighted by atomic mass is 28.4. The van der Waals surface area contributed by atoms with Crippen LogP contribution >= 0.6 is 0 Å². The predicted octanol–water partition coefficient (Wildman–Crippen LogP) is 5.21. The number of ether oxygens (including phenoxy) is 3. The molecule has 0 aliphatic rings. The number of nitrogens with zero attached hydrogens (tertiary/aromatic N) is 1. The van der Waals surface area contributed by atoms with Crippen LogP contribution in [-0.2, 0) is 25.2 Å². The van der Waals surface area contributed by atoms with Crippen molar-refractivity contribution in [3.63, 3.8) is 0 Å². The van der Waals surface area contributed by atoms with E-state index in [0.29, 0.717) is 13.0 Å². The second-order valence-electron chi connectivity index (χ2n) is 10.5. The molecule has 3 aromatic carbocycles. The highest BCUT2D eigenvalue weighted by molar-refractivity contribution is 6.99. The molecule has 0 aliphatic carbocycles. The Balaban J connectivity index is 1.77. The van der Waals surface area contributed by atoms with Gasteiger partial charge in [-0.05, 0) is 21.0 Å². The van der Waals surface area contributed by atoms with Gasteiger partial charge in [-0.3, -0.25) is 0 Å². The largest absolute Gasteiger partial charge is 0.445 e. The van der Waals surface area contributed by atoms with Crippen molar-refractivity contribution in [2.75, 3.05) is 34.4 Å². The van der Waals surface area contributed by atoms with Crippen LogP contribution in [0.4, 0.5) is 4.79 Å². The maximum atomic E-state index is 12.7. The zero-order chi connectivity index (χ0) is 27.7. The lowest BCUT2D eigenvalue weighted by Crippen LogP contribution is -2.67. The zero-order valence-corrected chi connectivity index (χ0v) is 24.5. The summed E-state index contributed by atoms with van der Waals surface area (Å²) in [6.45, 7) is 7.52. The van der Waals surface area contributed by atoms with Crippen molar-refractivity contribution in [2.24, 2.45) is 0 Å². The van der Waals surface area contributed by atoms with Gasteiger partial charge >= 0.3 is 6.09 Å². The lowest BCUT2D eigenvalue weighted by molar-refractivity contribution is -0.219. The quantitative estimate of drug-likeness (QED) is 0.235. The minimum Gasteiger partial charge on any atom is -0.445 e. The average Bonchev–Trinajstić information content (AvgIpc) is 2.94. The standard InChI is InChI=1S/C31H41NO5Si/c1-30(2,3)38(27-18-12-8-13-19-27,28-20-14-9-15-21-28)37-23-22-31(34-5,35-6)25-32(4)29(33)36-24-26-16-10-7-11-17-26/h7-21H,22-25H2,1-6H3. The summed E-state index contributed by atoms with van der Waals surface area (Å²) in [4.78, 5) is 14.2. The number of methoxy groups -OCH3 is 2. The maximum absolute atomic E-state index is 12.7. The summed E-state index contributed by atoms with van der Waals surface area (Å²) >= 11 is 0. The Morgan fingerprint density at radius 3 is 1.71 bits per heavy atom. The topological polar surface area (TPSA) is 57.2 Å². The fraction of sp³-hybridized carbons (Fsp3) is 0.387. The van der Waals surface area contributed by atoms with Crippen LogP contribution in [0.5, 0.6) is 0 Å². The van der Waals surface area contributed by atoms with Crippen LogP contribution < -0.4 is 10.4 Å². The van der Waals surface area contributed by atoms with Crippen molar-refractivity contribution in [3.8, 4) is 0 Å². The summed E-state index contributed by atoms with van der Waals surface area (Å²) in [6, 6.07) is 30.6. The van der Waals surface area contributed by atoms with Gasteiger partial charge < -0.3 is 23.5 Å². The van der Waals surface area contributed by atoms with Crippen molar-refractivity contribution >= 4 is 24.8 Å². The zero-order valence-electron chi connectivity index (χ0n) is 23.5. The first kappa shape index (κ1) is 29.6. The number of carbonyl (C=O) groups is 1. The van der Waals surface area contributed by atoms with E-state index in [1.807, 2.05) is 42.5 Å². The molecular weight excluding hydrogens is 494 g/mol. The van der Waals surface area contributed by atoms with Gasteiger partial charge in [-0.2, -0.15) is 0 Å². The van der Waals surface area contributed by atoms with E-state index in [2.05, 4.69) is 69.3 Å². The van der Waals surface area contributed by atoms with Crippen molar-refractivity contribution in [1.82, 2.24) is 4.90 Å².